The van der Waals surface area contributed by atoms with Crippen LogP contribution in [0.1, 0.15) is 19.3 Å². The van der Waals surface area contributed by atoms with Crippen molar-refractivity contribution in [3.05, 3.63) is 53.3 Å². The topological polar surface area (TPSA) is 64.5 Å². The fourth-order valence-electron chi connectivity index (χ4n) is 5.73. The van der Waals surface area contributed by atoms with Gasteiger partial charge in [0.1, 0.15) is 17.1 Å². The lowest BCUT2D eigenvalue weighted by molar-refractivity contribution is 0.410. The van der Waals surface area contributed by atoms with Crippen LogP contribution in [-0.4, -0.2) is 71.5 Å². The molecule has 0 amide bonds. The summed E-state index contributed by atoms with van der Waals surface area (Å²) in [5.41, 5.74) is 1.06. The number of aromatic hydroxyl groups is 1. The summed E-state index contributed by atoms with van der Waals surface area (Å²) in [4.78, 5) is 14.1. The van der Waals surface area contributed by atoms with Gasteiger partial charge in [-0.15, -0.1) is 24.8 Å². The van der Waals surface area contributed by atoms with Crippen molar-refractivity contribution in [3.8, 4) is 16.9 Å². The number of halogens is 4. The van der Waals surface area contributed by atoms with E-state index in [1.807, 2.05) is 24.3 Å². The molecule has 2 bridgehead atoms. The molecule has 3 heterocycles. The van der Waals surface area contributed by atoms with Crippen molar-refractivity contribution in [2.45, 2.75) is 36.5 Å². The zero-order valence-electron chi connectivity index (χ0n) is 22.4. The number of nitrogens with zero attached hydrogens (tertiary/aromatic N) is 4. The second-order valence-electron chi connectivity index (χ2n) is 10.5. The first-order chi connectivity index (χ1) is 18.4. The fraction of sp³-hybridized carbons (Fsp3) is 0.379. The molecular weight excluding hydrogens is 592 g/mol. The third-order valence-electron chi connectivity index (χ3n) is 7.46. The molecule has 40 heavy (non-hydrogen) atoms. The number of benzene rings is 3. The number of hydrogen-bond donors (Lipinski definition) is 2. The Bertz CT molecular complexity index is 1510. The monoisotopic (exact) mass is 623 g/mol. The average molecular weight is 625 g/mol. The van der Waals surface area contributed by atoms with Gasteiger partial charge in [-0.1, -0.05) is 47.6 Å². The van der Waals surface area contributed by atoms with Crippen LogP contribution in [0.15, 0.2) is 47.6 Å². The third-order valence-corrected chi connectivity index (χ3v) is 8.69. The third kappa shape index (κ3) is 6.08. The van der Waals surface area contributed by atoms with Gasteiger partial charge in [0, 0.05) is 41.9 Å². The van der Waals surface area contributed by atoms with E-state index in [1.165, 1.54) is 0 Å². The number of anilines is 1. The van der Waals surface area contributed by atoms with E-state index in [2.05, 4.69) is 29.2 Å². The molecule has 2 saturated heterocycles. The highest BCUT2D eigenvalue weighted by Crippen LogP contribution is 2.43. The normalized spacial score (nSPS) is 18.3. The van der Waals surface area contributed by atoms with Crippen LogP contribution in [0.5, 0.6) is 5.75 Å². The van der Waals surface area contributed by atoms with E-state index < -0.39 is 5.82 Å². The molecule has 0 spiro atoms. The number of fused-ring (bicyclic) bond motifs is 4. The SMILES string of the molecule is CN(C)CCCSc1nc(N2C[C@H]3CC[C@@H](C2)N3)c2cc(Cl)c(-c3cc(O)cc4ccccc34)c(F)c2n1.Cl.Cl. The van der Waals surface area contributed by atoms with E-state index in [-0.39, 0.29) is 46.7 Å². The molecule has 0 unspecified atom stereocenters. The van der Waals surface area contributed by atoms with E-state index in [0.717, 1.165) is 61.2 Å². The summed E-state index contributed by atoms with van der Waals surface area (Å²) in [5.74, 6) is 1.16. The van der Waals surface area contributed by atoms with Crippen molar-refractivity contribution < 1.29 is 9.50 Å². The Balaban J connectivity index is 0.00000185. The average Bonchev–Trinajstić information content (AvgIpc) is 3.23. The van der Waals surface area contributed by atoms with Gasteiger partial charge in [0.25, 0.3) is 0 Å². The van der Waals surface area contributed by atoms with Crippen LogP contribution >= 0.6 is 48.2 Å². The molecule has 6 nitrogen and oxygen atoms in total. The Kier molecular flexibility index (Phi) is 9.91. The maximum absolute atomic E-state index is 16.6. The van der Waals surface area contributed by atoms with Crippen molar-refractivity contribution in [1.82, 2.24) is 20.2 Å². The number of hydrogen-bond acceptors (Lipinski definition) is 7. The van der Waals surface area contributed by atoms with Gasteiger partial charge in [-0.25, -0.2) is 14.4 Å². The highest BCUT2D eigenvalue weighted by atomic mass is 35.5. The first-order valence-corrected chi connectivity index (χ1v) is 14.4. The summed E-state index contributed by atoms with van der Waals surface area (Å²) in [5, 5.41) is 17.2. The van der Waals surface area contributed by atoms with E-state index in [1.54, 1.807) is 30.0 Å². The quantitative estimate of drug-likeness (QED) is 0.134. The Morgan fingerprint density at radius 1 is 1.07 bits per heavy atom. The summed E-state index contributed by atoms with van der Waals surface area (Å²) in [7, 11) is 4.11. The summed E-state index contributed by atoms with van der Waals surface area (Å²) in [6.45, 7) is 2.62. The van der Waals surface area contributed by atoms with Crippen LogP contribution in [-0.2, 0) is 0 Å². The van der Waals surface area contributed by atoms with Crippen molar-refractivity contribution in [3.63, 3.8) is 0 Å². The van der Waals surface area contributed by atoms with Gasteiger partial charge >= 0.3 is 0 Å². The van der Waals surface area contributed by atoms with Crippen LogP contribution in [0.4, 0.5) is 10.2 Å². The lowest BCUT2D eigenvalue weighted by atomic mass is 9.96. The molecule has 11 heteroatoms. The summed E-state index contributed by atoms with van der Waals surface area (Å²) < 4.78 is 16.6. The minimum absolute atomic E-state index is 0. The number of piperazine rings is 1. The number of thioether (sulfide) groups is 1. The molecule has 0 saturated carbocycles. The van der Waals surface area contributed by atoms with Crippen LogP contribution in [0.2, 0.25) is 5.02 Å². The Morgan fingerprint density at radius 2 is 1.80 bits per heavy atom. The second-order valence-corrected chi connectivity index (χ2v) is 12.0. The van der Waals surface area contributed by atoms with Gasteiger partial charge < -0.3 is 20.2 Å². The molecule has 0 aliphatic carbocycles. The minimum atomic E-state index is -0.486. The molecule has 2 fully saturated rings. The van der Waals surface area contributed by atoms with Crippen LogP contribution in [0, 0.1) is 5.82 Å². The number of phenols is 1. The molecule has 4 aromatic rings. The van der Waals surface area contributed by atoms with Crippen molar-refractivity contribution >= 4 is 75.7 Å². The standard InChI is InChI=1S/C29H31ClFN5OS.2ClH/c1-35(2)10-5-11-38-29-33-27-23(28(34-29)36-15-18-8-9-19(16-36)32-18)14-24(30)25(26(27)31)22-13-20(37)12-17-6-3-4-7-21(17)22;;/h3-4,6-7,12-14,18-19,32,37H,5,8-11,15-16H2,1-2H3;2*1H/t18-,19+;;. The van der Waals surface area contributed by atoms with E-state index >= 15 is 4.39 Å². The van der Waals surface area contributed by atoms with Gasteiger partial charge in [-0.05, 0) is 74.4 Å². The number of aromatic nitrogens is 2. The zero-order valence-corrected chi connectivity index (χ0v) is 25.6. The first-order valence-electron chi connectivity index (χ1n) is 13.1. The molecular formula is C29H33Cl3FN5OS. The maximum atomic E-state index is 16.6. The maximum Gasteiger partial charge on any atom is 0.190 e. The smallest absolute Gasteiger partial charge is 0.190 e. The van der Waals surface area contributed by atoms with Crippen molar-refractivity contribution in [2.75, 3.05) is 44.4 Å². The number of phenolic OH excluding ortho intramolecular Hbond substituents is 1. The predicted octanol–water partition coefficient (Wildman–Crippen LogP) is 6.78. The molecule has 3 aromatic carbocycles. The van der Waals surface area contributed by atoms with Gasteiger partial charge in [0.2, 0.25) is 0 Å². The zero-order chi connectivity index (χ0) is 26.4. The number of rotatable bonds is 7. The minimum Gasteiger partial charge on any atom is -0.508 e. The lowest BCUT2D eigenvalue weighted by Crippen LogP contribution is -2.51. The second kappa shape index (κ2) is 12.8. The highest BCUT2D eigenvalue weighted by Gasteiger charge is 2.34. The van der Waals surface area contributed by atoms with E-state index in [9.17, 15) is 5.11 Å². The van der Waals surface area contributed by atoms with Crippen LogP contribution in [0.25, 0.3) is 32.8 Å². The lowest BCUT2D eigenvalue weighted by Gasteiger charge is -2.34. The molecule has 2 aliphatic heterocycles. The van der Waals surface area contributed by atoms with Crippen LogP contribution in [0.3, 0.4) is 0 Å². The van der Waals surface area contributed by atoms with Gasteiger partial charge in [0.05, 0.1) is 5.02 Å². The molecule has 2 N–H and O–H groups in total. The fourth-order valence-corrected chi connectivity index (χ4v) is 6.78. The molecule has 6 rings (SSSR count). The largest absolute Gasteiger partial charge is 0.508 e. The Hall–Kier alpha value is -2.07. The number of nitrogens with one attached hydrogen (secondary N) is 1. The molecule has 214 valence electrons. The van der Waals surface area contributed by atoms with E-state index in [0.29, 0.717) is 28.2 Å². The molecule has 1 aromatic heterocycles. The van der Waals surface area contributed by atoms with Gasteiger partial charge in [-0.3, -0.25) is 0 Å². The predicted molar refractivity (Wildman–Crippen MR) is 170 cm³/mol. The molecule has 2 aliphatic rings. The summed E-state index contributed by atoms with van der Waals surface area (Å²) in [6, 6.07) is 13.5. The Morgan fingerprint density at radius 3 is 2.52 bits per heavy atom. The van der Waals surface area contributed by atoms with Gasteiger partial charge in [0.15, 0.2) is 11.0 Å². The van der Waals surface area contributed by atoms with E-state index in [4.69, 9.17) is 21.6 Å². The first kappa shape index (κ1) is 30.9. The Labute approximate surface area is 255 Å². The van der Waals surface area contributed by atoms with Crippen molar-refractivity contribution in [2.24, 2.45) is 0 Å². The summed E-state index contributed by atoms with van der Waals surface area (Å²) in [6.07, 6.45) is 3.26. The summed E-state index contributed by atoms with van der Waals surface area (Å²) >= 11 is 8.39. The molecule has 0 radical (unpaired) electrons. The van der Waals surface area contributed by atoms with Crippen LogP contribution < -0.4 is 10.2 Å². The van der Waals surface area contributed by atoms with Gasteiger partial charge in [-0.2, -0.15) is 0 Å². The molecule has 2 atom stereocenters. The highest BCUT2D eigenvalue weighted by molar-refractivity contribution is 7.99. The van der Waals surface area contributed by atoms with Crippen molar-refractivity contribution in [1.29, 1.82) is 0 Å².